The first kappa shape index (κ1) is 31.9. The molecule has 7 heteroatoms. The number of carboxylic acids is 1. The predicted octanol–water partition coefficient (Wildman–Crippen LogP) is 1.34. The van der Waals surface area contributed by atoms with Gasteiger partial charge in [0.2, 0.25) is 0 Å². The Morgan fingerprint density at radius 1 is 1.05 bits per heavy atom. The van der Waals surface area contributed by atoms with Gasteiger partial charge in [-0.1, -0.05) is 39.3 Å². The van der Waals surface area contributed by atoms with Crippen LogP contribution in [0.25, 0.3) is 0 Å². The molecule has 38 heavy (non-hydrogen) atoms. The summed E-state index contributed by atoms with van der Waals surface area (Å²) in [5, 5.41) is 35.0. The maximum atomic E-state index is 12.5. The fourth-order valence-electron chi connectivity index (χ4n) is 9.78. The Morgan fingerprint density at radius 2 is 1.71 bits per heavy atom. The molecule has 4 aliphatic carbocycles. The first-order chi connectivity index (χ1) is 17.2. The number of ether oxygens (including phenoxy) is 1. The van der Waals surface area contributed by atoms with Crippen molar-refractivity contribution in [1.29, 1.82) is 0 Å². The van der Waals surface area contributed by atoms with Gasteiger partial charge in [0, 0.05) is 6.92 Å². The van der Waals surface area contributed by atoms with Crippen LogP contribution in [0.3, 0.4) is 0 Å². The number of hydrogen-bond acceptors (Lipinski definition) is 6. The zero-order valence-electron chi connectivity index (χ0n) is 24.8. The van der Waals surface area contributed by atoms with Crippen LogP contribution in [0.5, 0.6) is 0 Å². The number of fused-ring (bicyclic) bond motifs is 5. The molecule has 4 fully saturated rings. The van der Waals surface area contributed by atoms with Crippen molar-refractivity contribution < 1.29 is 59.2 Å². The van der Waals surface area contributed by atoms with E-state index < -0.39 is 24.1 Å². The Labute approximate surface area is 251 Å². The van der Waals surface area contributed by atoms with Gasteiger partial charge in [0.1, 0.15) is 6.10 Å². The van der Waals surface area contributed by atoms with E-state index in [2.05, 4.69) is 27.7 Å². The molecule has 4 aliphatic rings. The summed E-state index contributed by atoms with van der Waals surface area (Å²) in [5.41, 5.74) is 1.31. The van der Waals surface area contributed by atoms with Gasteiger partial charge in [-0.15, -0.1) is 0 Å². The molecule has 0 unspecified atom stereocenters. The van der Waals surface area contributed by atoms with Crippen LogP contribution in [0.2, 0.25) is 0 Å². The fourth-order valence-corrected chi connectivity index (χ4v) is 9.78. The van der Waals surface area contributed by atoms with Gasteiger partial charge in [0.25, 0.3) is 0 Å². The summed E-state index contributed by atoms with van der Waals surface area (Å²) in [4.78, 5) is 24.7. The standard InChI is InChI=1S/C31H48O6.Na/c1-17(2)9-8-10-20(28(35)36)26-22-15-24(34)27-29(5)13-12-23(33)18(3)21(29)11-14-30(27,6)31(22,7)16-25(26)37-19(4)32;/h9,18,21-25,27,33-34H,8,10-16H2,1-7H3,(H,35,36);/q;+1/p-1/t18-,21-,22-,23+,24+,25-,27+,29-,30-,31-;/m0./s1. The van der Waals surface area contributed by atoms with Gasteiger partial charge < -0.3 is 24.9 Å². The molecule has 0 bridgehead atoms. The van der Waals surface area contributed by atoms with Crippen molar-refractivity contribution in [3.63, 3.8) is 0 Å². The molecule has 0 aromatic carbocycles. The minimum absolute atomic E-state index is 0. The van der Waals surface area contributed by atoms with E-state index in [9.17, 15) is 24.9 Å². The Hall–Kier alpha value is -0.660. The van der Waals surface area contributed by atoms with Crippen LogP contribution < -0.4 is 34.7 Å². The van der Waals surface area contributed by atoms with Crippen LogP contribution in [0.4, 0.5) is 0 Å². The molecule has 4 rings (SSSR count). The van der Waals surface area contributed by atoms with Crippen LogP contribution in [0.1, 0.15) is 99.8 Å². The number of carbonyl (C=O) groups is 2. The molecule has 0 aliphatic heterocycles. The molecule has 0 aromatic heterocycles. The van der Waals surface area contributed by atoms with Crippen LogP contribution in [-0.2, 0) is 14.3 Å². The molecule has 4 saturated carbocycles. The summed E-state index contributed by atoms with van der Waals surface area (Å²) in [7, 11) is 0. The van der Waals surface area contributed by atoms with Crippen LogP contribution in [0, 0.1) is 39.9 Å². The fraction of sp³-hybridized carbons (Fsp3) is 0.806. The van der Waals surface area contributed by atoms with Crippen molar-refractivity contribution in [2.45, 2.75) is 118 Å². The minimum Gasteiger partial charge on any atom is -0.545 e. The minimum atomic E-state index is -1.20. The number of rotatable bonds is 5. The average Bonchev–Trinajstić information content (AvgIpc) is 3.05. The predicted molar refractivity (Wildman–Crippen MR) is 140 cm³/mol. The summed E-state index contributed by atoms with van der Waals surface area (Å²) < 4.78 is 5.84. The van der Waals surface area contributed by atoms with E-state index >= 15 is 0 Å². The number of hydrogen-bond donors (Lipinski definition) is 2. The normalized spacial score (nSPS) is 45.0. The van der Waals surface area contributed by atoms with Gasteiger partial charge >= 0.3 is 35.5 Å². The maximum absolute atomic E-state index is 12.5. The maximum Gasteiger partial charge on any atom is 1.00 e. The van der Waals surface area contributed by atoms with E-state index in [1.54, 1.807) is 0 Å². The van der Waals surface area contributed by atoms with Crippen molar-refractivity contribution in [3.05, 3.63) is 22.8 Å². The molecule has 10 atom stereocenters. The van der Waals surface area contributed by atoms with E-state index in [1.807, 2.05) is 19.9 Å². The van der Waals surface area contributed by atoms with Gasteiger partial charge in [0.05, 0.1) is 18.2 Å². The number of esters is 1. The second kappa shape index (κ2) is 11.3. The van der Waals surface area contributed by atoms with Crippen molar-refractivity contribution in [2.24, 2.45) is 39.9 Å². The molecule has 0 saturated heterocycles. The second-order valence-corrected chi connectivity index (χ2v) is 13.6. The van der Waals surface area contributed by atoms with E-state index in [1.165, 1.54) is 6.92 Å². The topological polar surface area (TPSA) is 107 Å². The third kappa shape index (κ3) is 5.00. The van der Waals surface area contributed by atoms with Gasteiger partial charge in [-0.05, 0) is 116 Å². The molecule has 0 aromatic rings. The summed E-state index contributed by atoms with van der Waals surface area (Å²) in [5.74, 6) is -1.25. The first-order valence-corrected chi connectivity index (χ1v) is 14.3. The van der Waals surface area contributed by atoms with Gasteiger partial charge in [-0.2, -0.15) is 0 Å². The van der Waals surface area contributed by atoms with E-state index in [4.69, 9.17) is 4.74 Å². The molecule has 6 nitrogen and oxygen atoms in total. The van der Waals surface area contributed by atoms with Crippen molar-refractivity contribution in [3.8, 4) is 0 Å². The van der Waals surface area contributed by atoms with E-state index in [0.29, 0.717) is 37.2 Å². The van der Waals surface area contributed by atoms with Crippen molar-refractivity contribution in [2.75, 3.05) is 0 Å². The van der Waals surface area contributed by atoms with Gasteiger partial charge in [-0.25, -0.2) is 0 Å². The Kier molecular flexibility index (Phi) is 9.49. The van der Waals surface area contributed by atoms with Gasteiger partial charge in [0.15, 0.2) is 0 Å². The molecule has 0 heterocycles. The SMILES string of the molecule is CC(=O)O[C@H]1C[C@@]2(C)[C@@H](C[C@@H](O)[C@@H]3[C@@]4(C)CC[C@@H](O)[C@@H](C)[C@@H]4CC[C@@]32C)C1=C(CCC=C(C)C)C(=O)[O-].[Na+]. The number of carboxylic acid groups (broad SMARTS) is 1. The molecule has 0 amide bonds. The number of aliphatic carboxylic acids is 1. The molecular formula is C31H47NaO6. The summed E-state index contributed by atoms with van der Waals surface area (Å²) in [6.45, 7) is 14.4. The number of carbonyl (C=O) groups excluding carboxylic acids is 2. The van der Waals surface area contributed by atoms with Crippen molar-refractivity contribution in [1.82, 2.24) is 0 Å². The zero-order valence-corrected chi connectivity index (χ0v) is 26.8. The third-order valence-corrected chi connectivity index (χ3v) is 11.6. The molecule has 0 radical (unpaired) electrons. The van der Waals surface area contributed by atoms with E-state index in [-0.39, 0.29) is 75.2 Å². The van der Waals surface area contributed by atoms with Crippen molar-refractivity contribution >= 4 is 11.9 Å². The average molecular weight is 539 g/mol. The summed E-state index contributed by atoms with van der Waals surface area (Å²) in [6.07, 6.45) is 5.92. The largest absolute Gasteiger partial charge is 1.00 e. The summed E-state index contributed by atoms with van der Waals surface area (Å²) in [6, 6.07) is 0. The van der Waals surface area contributed by atoms with E-state index in [0.717, 1.165) is 31.3 Å². The quantitative estimate of drug-likeness (QED) is 0.237. The monoisotopic (exact) mass is 538 g/mol. The number of aliphatic hydroxyl groups is 2. The van der Waals surface area contributed by atoms with Gasteiger partial charge in [-0.3, -0.25) is 4.79 Å². The Morgan fingerprint density at radius 3 is 2.29 bits per heavy atom. The second-order valence-electron chi connectivity index (χ2n) is 13.6. The zero-order chi connectivity index (χ0) is 27.5. The Bertz CT molecular complexity index is 1000. The van der Waals surface area contributed by atoms with Crippen LogP contribution >= 0.6 is 0 Å². The molecule has 208 valence electrons. The number of allylic oxidation sites excluding steroid dienone is 2. The van der Waals surface area contributed by atoms with Crippen LogP contribution in [0.15, 0.2) is 22.8 Å². The Balaban J connectivity index is 0.00000400. The first-order valence-electron chi connectivity index (χ1n) is 14.3. The molecular weight excluding hydrogens is 491 g/mol. The third-order valence-electron chi connectivity index (χ3n) is 11.6. The summed E-state index contributed by atoms with van der Waals surface area (Å²) >= 11 is 0. The molecule has 2 N–H and O–H groups in total. The van der Waals surface area contributed by atoms with Crippen LogP contribution in [-0.4, -0.2) is 40.5 Å². The smallest absolute Gasteiger partial charge is 0.545 e. The molecule has 0 spiro atoms. The number of aliphatic hydroxyl groups excluding tert-OH is 2.